The van der Waals surface area contributed by atoms with Crippen LogP contribution in [-0.4, -0.2) is 63.9 Å². The zero-order chi connectivity index (χ0) is 32.1. The maximum absolute atomic E-state index is 15.7. The van der Waals surface area contributed by atoms with Crippen LogP contribution in [0.15, 0.2) is 42.3 Å². The molecule has 0 fully saturated rings. The van der Waals surface area contributed by atoms with E-state index < -0.39 is 39.2 Å². The topological polar surface area (TPSA) is 124 Å². The maximum Gasteiger partial charge on any atom is 0.534 e. The molecule has 3 aromatic heterocycles. The molecule has 0 aliphatic carbocycles. The van der Waals surface area contributed by atoms with Crippen LogP contribution < -0.4 is 8.92 Å². The smallest absolute Gasteiger partial charge is 0.490 e. The molecule has 0 spiro atoms. The molecule has 17 heteroatoms. The van der Waals surface area contributed by atoms with Gasteiger partial charge in [0.2, 0.25) is 11.8 Å². The van der Waals surface area contributed by atoms with E-state index in [4.69, 9.17) is 4.74 Å². The number of hydrogen-bond donors (Lipinski definition) is 1. The van der Waals surface area contributed by atoms with E-state index in [1.165, 1.54) is 29.3 Å². The Morgan fingerprint density at radius 3 is 2.66 bits per heavy atom. The number of pyridine rings is 1. The van der Waals surface area contributed by atoms with E-state index in [1.54, 1.807) is 11.6 Å². The Kier molecular flexibility index (Phi) is 8.15. The van der Waals surface area contributed by atoms with Crippen molar-refractivity contribution in [2.24, 2.45) is 0 Å². The molecule has 4 heterocycles. The fourth-order valence-corrected chi connectivity index (χ4v) is 6.12. The zero-order valence-electron chi connectivity index (χ0n) is 22.9. The normalized spacial score (nSPS) is 16.1. The number of alkyl halides is 3. The van der Waals surface area contributed by atoms with Crippen LogP contribution in [0.1, 0.15) is 25.6 Å². The minimum absolute atomic E-state index is 0.0252. The van der Waals surface area contributed by atoms with Crippen LogP contribution in [0.4, 0.5) is 22.0 Å². The second-order valence-electron chi connectivity index (χ2n) is 9.95. The van der Waals surface area contributed by atoms with Gasteiger partial charge in [0.05, 0.1) is 40.0 Å². The number of hydrogen-bond acceptors (Lipinski definition) is 9. The zero-order valence-corrected chi connectivity index (χ0v) is 24.6. The standard InChI is InChI=1S/C27H23F5N4O6S2/c1-4-21(38)35-10-13(2)36-16(11-35)9-19(34-36)24-23(22-18(29)7-15(28)8-20(22)41-12-14(3)37)25-17(5-6-43-25)26(33-24)42-44(39,40)27(30,31)32/h4-9,13-14,37H,1,10-12H2,2-3H3/t13-,14?/m0/s1. The number of aromatic nitrogens is 3. The van der Waals surface area contributed by atoms with E-state index in [1.807, 2.05) is 0 Å². The summed E-state index contributed by atoms with van der Waals surface area (Å²) in [6.07, 6.45) is 0.0975. The number of fused-ring (bicyclic) bond motifs is 2. The number of thiophene rings is 1. The molecule has 0 saturated heterocycles. The molecule has 1 unspecified atom stereocenters. The quantitative estimate of drug-likeness (QED) is 0.119. The molecule has 1 N–H and O–H groups in total. The first kappa shape index (κ1) is 31.3. The second kappa shape index (κ2) is 11.4. The van der Waals surface area contributed by atoms with Crippen LogP contribution in [0.5, 0.6) is 11.6 Å². The molecule has 10 nitrogen and oxygen atoms in total. The predicted octanol–water partition coefficient (Wildman–Crippen LogP) is 5.18. The van der Waals surface area contributed by atoms with E-state index in [0.29, 0.717) is 11.8 Å². The fourth-order valence-electron chi connectivity index (χ4n) is 4.75. The Bertz CT molecular complexity index is 1890. The number of nitrogens with zero attached hydrogens (tertiary/aromatic N) is 4. The lowest BCUT2D eigenvalue weighted by Gasteiger charge is -2.31. The fraction of sp³-hybridized carbons (Fsp3) is 0.296. The minimum atomic E-state index is -6.18. The van der Waals surface area contributed by atoms with Gasteiger partial charge in [-0.05, 0) is 37.4 Å². The second-order valence-corrected chi connectivity index (χ2v) is 12.4. The van der Waals surface area contributed by atoms with E-state index in [2.05, 4.69) is 20.8 Å². The van der Waals surface area contributed by atoms with Crippen LogP contribution in [0.2, 0.25) is 0 Å². The highest BCUT2D eigenvalue weighted by Gasteiger charge is 2.49. The Balaban J connectivity index is 1.81. The third kappa shape index (κ3) is 5.73. The number of carbonyl (C=O) groups is 1. The SMILES string of the molecule is C=CC(=O)N1Cc2cc(-c3nc(OS(=O)(=O)C(F)(F)F)c4ccsc4c3-c3c(F)cc(F)cc3OCC(C)O)nn2[C@@H](C)C1. The first-order valence-electron chi connectivity index (χ1n) is 12.8. The summed E-state index contributed by atoms with van der Waals surface area (Å²) in [4.78, 5) is 17.9. The number of carbonyl (C=O) groups excluding carboxylic acids is 1. The van der Waals surface area contributed by atoms with Crippen LogP contribution in [0.25, 0.3) is 32.6 Å². The Morgan fingerprint density at radius 1 is 1.27 bits per heavy atom. The Labute approximate surface area is 251 Å². The number of ether oxygens (including phenoxy) is 1. The van der Waals surface area contributed by atoms with Gasteiger partial charge in [-0.25, -0.2) is 13.8 Å². The number of halogens is 5. The summed E-state index contributed by atoms with van der Waals surface area (Å²) in [5.41, 5.74) is -6.13. The van der Waals surface area contributed by atoms with Crippen molar-refractivity contribution in [3.63, 3.8) is 0 Å². The summed E-state index contributed by atoms with van der Waals surface area (Å²) in [5, 5.41) is 15.5. The molecule has 4 aromatic rings. The summed E-state index contributed by atoms with van der Waals surface area (Å²) in [5.74, 6) is -3.82. The highest BCUT2D eigenvalue weighted by Crippen LogP contribution is 2.47. The summed E-state index contributed by atoms with van der Waals surface area (Å²) in [6.45, 7) is 6.56. The molecular formula is C27H23F5N4O6S2. The van der Waals surface area contributed by atoms with Gasteiger partial charge in [0.15, 0.2) is 0 Å². The lowest BCUT2D eigenvalue weighted by molar-refractivity contribution is -0.127. The Hall–Kier alpha value is -4.09. The van der Waals surface area contributed by atoms with Gasteiger partial charge in [0.25, 0.3) is 0 Å². The van der Waals surface area contributed by atoms with Crippen molar-refractivity contribution in [2.75, 3.05) is 13.2 Å². The molecular weight excluding hydrogens is 635 g/mol. The summed E-state index contributed by atoms with van der Waals surface area (Å²) in [6, 6.07) is 3.73. The minimum Gasteiger partial charge on any atom is -0.490 e. The van der Waals surface area contributed by atoms with Gasteiger partial charge in [-0.1, -0.05) is 6.58 Å². The van der Waals surface area contributed by atoms with Crippen molar-refractivity contribution in [1.82, 2.24) is 19.7 Å². The predicted molar refractivity (Wildman–Crippen MR) is 149 cm³/mol. The molecule has 5 rings (SSSR count). The highest BCUT2D eigenvalue weighted by molar-refractivity contribution is 7.88. The van der Waals surface area contributed by atoms with E-state index in [-0.39, 0.29) is 70.0 Å². The summed E-state index contributed by atoms with van der Waals surface area (Å²) < 4.78 is 106. The molecule has 44 heavy (non-hydrogen) atoms. The Morgan fingerprint density at radius 2 is 2.00 bits per heavy atom. The molecule has 0 saturated carbocycles. The molecule has 1 aliphatic rings. The van der Waals surface area contributed by atoms with Crippen molar-refractivity contribution in [2.45, 2.75) is 38.0 Å². The molecule has 0 bridgehead atoms. The van der Waals surface area contributed by atoms with Crippen molar-refractivity contribution < 1.29 is 49.2 Å². The average molecular weight is 659 g/mol. The van der Waals surface area contributed by atoms with Gasteiger partial charge in [-0.3, -0.25) is 9.48 Å². The average Bonchev–Trinajstić information content (AvgIpc) is 3.59. The van der Waals surface area contributed by atoms with E-state index in [9.17, 15) is 35.9 Å². The lowest BCUT2D eigenvalue weighted by atomic mass is 9.98. The molecule has 1 aromatic carbocycles. The van der Waals surface area contributed by atoms with Gasteiger partial charge in [-0.15, -0.1) is 11.3 Å². The van der Waals surface area contributed by atoms with Crippen molar-refractivity contribution in [3.05, 3.63) is 59.6 Å². The lowest BCUT2D eigenvalue weighted by Crippen LogP contribution is -2.39. The van der Waals surface area contributed by atoms with Crippen LogP contribution in [0.3, 0.4) is 0 Å². The molecule has 234 valence electrons. The summed E-state index contributed by atoms with van der Waals surface area (Å²) in [7, 11) is -6.18. The monoisotopic (exact) mass is 658 g/mol. The number of rotatable bonds is 8. The van der Waals surface area contributed by atoms with Crippen LogP contribution >= 0.6 is 11.3 Å². The molecule has 1 aliphatic heterocycles. The van der Waals surface area contributed by atoms with E-state index in [0.717, 1.165) is 23.5 Å². The van der Waals surface area contributed by atoms with Crippen LogP contribution in [0, 0.1) is 11.6 Å². The largest absolute Gasteiger partial charge is 0.534 e. The number of aliphatic hydroxyl groups is 1. The number of aliphatic hydroxyl groups excluding tert-OH is 1. The molecule has 0 radical (unpaired) electrons. The molecule has 2 atom stereocenters. The third-order valence-electron chi connectivity index (χ3n) is 6.59. The number of benzene rings is 1. The summed E-state index contributed by atoms with van der Waals surface area (Å²) >= 11 is 0.894. The number of amides is 1. The van der Waals surface area contributed by atoms with E-state index >= 15 is 4.39 Å². The molecule has 1 amide bonds. The van der Waals surface area contributed by atoms with Gasteiger partial charge in [0.1, 0.15) is 35.4 Å². The van der Waals surface area contributed by atoms with Crippen molar-refractivity contribution in [1.29, 1.82) is 0 Å². The van der Waals surface area contributed by atoms with Gasteiger partial charge in [0, 0.05) is 24.2 Å². The third-order valence-corrected chi connectivity index (χ3v) is 8.47. The van der Waals surface area contributed by atoms with Crippen molar-refractivity contribution in [3.8, 4) is 34.1 Å². The first-order valence-corrected chi connectivity index (χ1v) is 15.1. The van der Waals surface area contributed by atoms with Crippen LogP contribution in [-0.2, 0) is 21.5 Å². The van der Waals surface area contributed by atoms with Gasteiger partial charge < -0.3 is 18.9 Å². The van der Waals surface area contributed by atoms with Crippen molar-refractivity contribution >= 4 is 37.4 Å². The first-order chi connectivity index (χ1) is 20.6. The highest BCUT2D eigenvalue weighted by atomic mass is 32.2. The van der Waals surface area contributed by atoms with Gasteiger partial charge in [-0.2, -0.15) is 26.7 Å². The maximum atomic E-state index is 15.7. The van der Waals surface area contributed by atoms with Gasteiger partial charge >= 0.3 is 15.6 Å².